The zero-order valence-electron chi connectivity index (χ0n) is 11.5. The van der Waals surface area contributed by atoms with Crippen LogP contribution in [0.5, 0.6) is 0 Å². The molecule has 0 N–H and O–H groups in total. The highest BCUT2D eigenvalue weighted by Crippen LogP contribution is 2.28. The predicted molar refractivity (Wildman–Crippen MR) is 80.0 cm³/mol. The lowest BCUT2D eigenvalue weighted by Crippen LogP contribution is -1.94. The maximum atomic E-state index is 4.65. The average molecular weight is 292 g/mol. The van der Waals surface area contributed by atoms with E-state index in [0.717, 1.165) is 32.8 Å². The molecule has 0 spiro atoms. The zero-order chi connectivity index (χ0) is 13.6. The van der Waals surface area contributed by atoms with Crippen LogP contribution in [0.3, 0.4) is 0 Å². The lowest BCUT2D eigenvalue weighted by molar-refractivity contribution is 0.637. The second kappa shape index (κ2) is 4.68. The number of imidazole rings is 1. The van der Waals surface area contributed by atoms with E-state index in [0.29, 0.717) is 5.92 Å². The van der Waals surface area contributed by atoms with E-state index >= 15 is 0 Å². The maximum absolute atomic E-state index is 4.65. The molecule has 3 aromatic heterocycles. The van der Waals surface area contributed by atoms with Gasteiger partial charge in [0.15, 0.2) is 0 Å². The number of hydrogen-bond acceptors (Lipinski definition) is 5. The Bertz CT molecular complexity index is 689. The van der Waals surface area contributed by atoms with Crippen molar-refractivity contribution in [1.82, 2.24) is 19.6 Å². The first kappa shape index (κ1) is 12.7. The number of rotatable bonds is 3. The van der Waals surface area contributed by atoms with E-state index in [1.165, 1.54) is 4.88 Å². The van der Waals surface area contributed by atoms with Gasteiger partial charge in [0, 0.05) is 11.3 Å². The summed E-state index contributed by atoms with van der Waals surface area (Å²) in [4.78, 5) is 11.4. The van der Waals surface area contributed by atoms with Crippen LogP contribution in [0.25, 0.3) is 16.3 Å². The van der Waals surface area contributed by atoms with Crippen molar-refractivity contribution >= 4 is 27.6 Å². The molecule has 3 rings (SSSR count). The molecule has 0 aliphatic rings. The summed E-state index contributed by atoms with van der Waals surface area (Å²) in [5.74, 6) is 0.624. The third-order valence-electron chi connectivity index (χ3n) is 2.81. The molecule has 0 bridgehead atoms. The van der Waals surface area contributed by atoms with E-state index in [1.54, 1.807) is 22.7 Å². The van der Waals surface area contributed by atoms with Crippen LogP contribution in [0.15, 0.2) is 6.20 Å². The van der Waals surface area contributed by atoms with Gasteiger partial charge in [0.2, 0.25) is 4.96 Å². The monoisotopic (exact) mass is 292 g/mol. The fourth-order valence-corrected chi connectivity index (χ4v) is 3.97. The van der Waals surface area contributed by atoms with Crippen molar-refractivity contribution in [1.29, 1.82) is 0 Å². The Morgan fingerprint density at radius 3 is 2.58 bits per heavy atom. The van der Waals surface area contributed by atoms with E-state index in [4.69, 9.17) is 0 Å². The number of hydrogen-bond donors (Lipinski definition) is 0. The molecule has 3 heterocycles. The first-order valence-electron chi connectivity index (χ1n) is 6.32. The van der Waals surface area contributed by atoms with E-state index in [2.05, 4.69) is 35.8 Å². The normalized spacial score (nSPS) is 11.8. The molecule has 0 radical (unpaired) electrons. The molecule has 0 aliphatic heterocycles. The van der Waals surface area contributed by atoms with Crippen molar-refractivity contribution in [2.24, 2.45) is 5.92 Å². The summed E-state index contributed by atoms with van der Waals surface area (Å²) < 4.78 is 1.88. The summed E-state index contributed by atoms with van der Waals surface area (Å²) in [5, 5.41) is 6.81. The predicted octanol–water partition coefficient (Wildman–Crippen LogP) is 3.73. The molecule has 0 aliphatic carbocycles. The van der Waals surface area contributed by atoms with E-state index in [1.807, 2.05) is 17.6 Å². The van der Waals surface area contributed by atoms with Crippen LogP contribution in [-0.2, 0) is 6.42 Å². The van der Waals surface area contributed by atoms with Gasteiger partial charge in [-0.1, -0.05) is 25.2 Å². The molecule has 0 amide bonds. The summed E-state index contributed by atoms with van der Waals surface area (Å²) in [7, 11) is 0. The summed E-state index contributed by atoms with van der Waals surface area (Å²) >= 11 is 3.38. The van der Waals surface area contributed by atoms with Crippen LogP contribution in [0.2, 0.25) is 0 Å². The van der Waals surface area contributed by atoms with Crippen LogP contribution < -0.4 is 0 Å². The van der Waals surface area contributed by atoms with Gasteiger partial charge in [-0.05, 0) is 19.8 Å². The number of nitrogens with zero attached hydrogens (tertiary/aromatic N) is 4. The van der Waals surface area contributed by atoms with Crippen LogP contribution >= 0.6 is 22.7 Å². The highest BCUT2D eigenvalue weighted by Gasteiger charge is 2.14. The standard InChI is InChI=1S/C13H16N4S2/c1-7(2)5-11-16-17-6-10(15-13(17)19-11)12-8(3)18-9(4)14-12/h6-7H,5H2,1-4H3. The summed E-state index contributed by atoms with van der Waals surface area (Å²) in [6.07, 6.45) is 3.00. The topological polar surface area (TPSA) is 43.1 Å². The van der Waals surface area contributed by atoms with Gasteiger partial charge < -0.3 is 0 Å². The quantitative estimate of drug-likeness (QED) is 0.738. The SMILES string of the molecule is Cc1nc(-c2cn3nc(CC(C)C)sc3n2)c(C)s1. The molecule has 3 aromatic rings. The summed E-state index contributed by atoms with van der Waals surface area (Å²) in [6.45, 7) is 8.53. The fraction of sp³-hybridized carbons (Fsp3) is 0.462. The Morgan fingerprint density at radius 2 is 2.00 bits per heavy atom. The van der Waals surface area contributed by atoms with Crippen LogP contribution in [0.1, 0.15) is 28.7 Å². The molecule has 0 aromatic carbocycles. The van der Waals surface area contributed by atoms with Crippen molar-refractivity contribution in [3.8, 4) is 11.4 Å². The van der Waals surface area contributed by atoms with Gasteiger partial charge >= 0.3 is 0 Å². The lowest BCUT2D eigenvalue weighted by atomic mass is 10.1. The van der Waals surface area contributed by atoms with Crippen molar-refractivity contribution in [3.05, 3.63) is 21.1 Å². The van der Waals surface area contributed by atoms with Gasteiger partial charge in [0.25, 0.3) is 0 Å². The minimum Gasteiger partial charge on any atom is -0.240 e. The maximum Gasteiger partial charge on any atom is 0.212 e. The molecule has 0 fully saturated rings. The Morgan fingerprint density at radius 1 is 1.21 bits per heavy atom. The molecule has 0 saturated carbocycles. The number of thiazole rings is 1. The van der Waals surface area contributed by atoms with E-state index in [-0.39, 0.29) is 0 Å². The Labute approximate surface area is 120 Å². The lowest BCUT2D eigenvalue weighted by Gasteiger charge is -1.97. The van der Waals surface area contributed by atoms with Crippen molar-refractivity contribution in [3.63, 3.8) is 0 Å². The number of aryl methyl sites for hydroxylation is 2. The van der Waals surface area contributed by atoms with Crippen molar-refractivity contribution in [2.45, 2.75) is 34.1 Å². The smallest absolute Gasteiger partial charge is 0.212 e. The Hall–Kier alpha value is -1.27. The molecule has 0 atom stereocenters. The largest absolute Gasteiger partial charge is 0.240 e. The van der Waals surface area contributed by atoms with Gasteiger partial charge in [0.1, 0.15) is 16.4 Å². The zero-order valence-corrected chi connectivity index (χ0v) is 13.1. The van der Waals surface area contributed by atoms with Gasteiger partial charge in [0.05, 0.1) is 11.2 Å². The molecule has 0 saturated heterocycles. The molecular weight excluding hydrogens is 276 g/mol. The molecule has 6 heteroatoms. The van der Waals surface area contributed by atoms with Crippen molar-refractivity contribution < 1.29 is 0 Å². The minimum atomic E-state index is 0.624. The number of aromatic nitrogens is 4. The Balaban J connectivity index is 1.99. The van der Waals surface area contributed by atoms with Crippen LogP contribution in [0.4, 0.5) is 0 Å². The van der Waals surface area contributed by atoms with Gasteiger partial charge in [-0.15, -0.1) is 11.3 Å². The van der Waals surface area contributed by atoms with Crippen LogP contribution in [0, 0.1) is 19.8 Å². The second-order valence-corrected chi connectivity index (χ2v) is 7.53. The van der Waals surface area contributed by atoms with E-state index < -0.39 is 0 Å². The second-order valence-electron chi connectivity index (χ2n) is 5.08. The third-order valence-corrected chi connectivity index (χ3v) is 4.65. The van der Waals surface area contributed by atoms with E-state index in [9.17, 15) is 0 Å². The first-order chi connectivity index (χ1) is 9.02. The van der Waals surface area contributed by atoms with Crippen molar-refractivity contribution in [2.75, 3.05) is 0 Å². The third kappa shape index (κ3) is 2.42. The summed E-state index contributed by atoms with van der Waals surface area (Å²) in [6, 6.07) is 0. The average Bonchev–Trinajstić information content (AvgIpc) is 2.90. The fourth-order valence-electron chi connectivity index (χ4n) is 2.05. The van der Waals surface area contributed by atoms with Gasteiger partial charge in [-0.25, -0.2) is 14.5 Å². The molecule has 0 unspecified atom stereocenters. The molecular formula is C13H16N4S2. The summed E-state index contributed by atoms with van der Waals surface area (Å²) in [5.41, 5.74) is 1.92. The molecule has 19 heavy (non-hydrogen) atoms. The number of fused-ring (bicyclic) bond motifs is 1. The first-order valence-corrected chi connectivity index (χ1v) is 7.95. The van der Waals surface area contributed by atoms with Gasteiger partial charge in [-0.3, -0.25) is 0 Å². The molecule has 4 nitrogen and oxygen atoms in total. The highest BCUT2D eigenvalue weighted by molar-refractivity contribution is 7.16. The Kier molecular flexibility index (Phi) is 3.14. The molecule has 100 valence electrons. The highest BCUT2D eigenvalue weighted by atomic mass is 32.1. The van der Waals surface area contributed by atoms with Crippen LogP contribution in [-0.4, -0.2) is 19.6 Å². The minimum absolute atomic E-state index is 0.624. The van der Waals surface area contributed by atoms with Gasteiger partial charge in [-0.2, -0.15) is 5.10 Å².